The molecule has 2 amide bonds. The highest BCUT2D eigenvalue weighted by molar-refractivity contribution is 6.31. The summed E-state index contributed by atoms with van der Waals surface area (Å²) in [6.07, 6.45) is 5.28. The van der Waals surface area contributed by atoms with E-state index >= 15 is 0 Å². The van der Waals surface area contributed by atoms with E-state index in [4.69, 9.17) is 11.6 Å². The second-order valence-electron chi connectivity index (χ2n) is 7.01. The quantitative estimate of drug-likeness (QED) is 0.858. The van der Waals surface area contributed by atoms with E-state index in [1.54, 1.807) is 29.4 Å². The SMILES string of the molecule is CC(Cc1ccccc1Cl)NC(=O)C1CCN(C(=O)c2cccnc2)CC1. The number of benzene rings is 1. The van der Waals surface area contributed by atoms with Crippen LogP contribution >= 0.6 is 11.6 Å². The zero-order valence-corrected chi connectivity index (χ0v) is 16.2. The molecule has 1 fully saturated rings. The number of hydrogen-bond acceptors (Lipinski definition) is 3. The van der Waals surface area contributed by atoms with Crippen molar-refractivity contribution in [2.75, 3.05) is 13.1 Å². The molecule has 1 atom stereocenters. The van der Waals surface area contributed by atoms with Gasteiger partial charge in [-0.15, -0.1) is 0 Å². The number of rotatable bonds is 5. The average Bonchev–Trinajstić information content (AvgIpc) is 2.70. The summed E-state index contributed by atoms with van der Waals surface area (Å²) in [5, 5.41) is 3.81. The molecule has 5 nitrogen and oxygen atoms in total. The molecular weight excluding hydrogens is 362 g/mol. The molecule has 1 aromatic carbocycles. The first kappa shape index (κ1) is 19.4. The normalized spacial score (nSPS) is 16.0. The fourth-order valence-corrected chi connectivity index (χ4v) is 3.64. The van der Waals surface area contributed by atoms with E-state index < -0.39 is 0 Å². The van der Waals surface area contributed by atoms with Crippen molar-refractivity contribution in [3.8, 4) is 0 Å². The number of pyridine rings is 1. The molecule has 3 rings (SSSR count). The van der Waals surface area contributed by atoms with E-state index in [2.05, 4.69) is 10.3 Å². The molecule has 0 bridgehead atoms. The number of amides is 2. The number of nitrogens with zero attached hydrogens (tertiary/aromatic N) is 2. The van der Waals surface area contributed by atoms with Crippen molar-refractivity contribution in [1.82, 2.24) is 15.2 Å². The minimum Gasteiger partial charge on any atom is -0.353 e. The fourth-order valence-electron chi connectivity index (χ4n) is 3.42. The number of hydrogen-bond donors (Lipinski definition) is 1. The first-order valence-corrected chi connectivity index (χ1v) is 9.65. The molecule has 1 saturated heterocycles. The maximum Gasteiger partial charge on any atom is 0.255 e. The van der Waals surface area contributed by atoms with Gasteiger partial charge >= 0.3 is 0 Å². The molecule has 6 heteroatoms. The number of carbonyl (C=O) groups is 2. The van der Waals surface area contributed by atoms with Crippen LogP contribution in [0, 0.1) is 5.92 Å². The largest absolute Gasteiger partial charge is 0.353 e. The lowest BCUT2D eigenvalue weighted by molar-refractivity contribution is -0.126. The lowest BCUT2D eigenvalue weighted by atomic mass is 9.95. The molecule has 1 aliphatic rings. The number of likely N-dealkylation sites (tertiary alicyclic amines) is 1. The number of piperidine rings is 1. The summed E-state index contributed by atoms with van der Waals surface area (Å²) < 4.78 is 0. The van der Waals surface area contributed by atoms with E-state index in [0.717, 1.165) is 10.6 Å². The van der Waals surface area contributed by atoms with Crippen molar-refractivity contribution in [3.63, 3.8) is 0 Å². The zero-order valence-electron chi connectivity index (χ0n) is 15.4. The Bertz CT molecular complexity index is 789. The highest BCUT2D eigenvalue weighted by Gasteiger charge is 2.28. The minimum absolute atomic E-state index is 0.00690. The monoisotopic (exact) mass is 385 g/mol. The minimum atomic E-state index is -0.0587. The van der Waals surface area contributed by atoms with Crippen molar-refractivity contribution in [2.45, 2.75) is 32.2 Å². The Kier molecular flexibility index (Phi) is 6.45. The van der Waals surface area contributed by atoms with E-state index in [9.17, 15) is 9.59 Å². The molecular formula is C21H24ClN3O2. The molecule has 142 valence electrons. The molecule has 1 aromatic heterocycles. The molecule has 27 heavy (non-hydrogen) atoms. The van der Waals surface area contributed by atoms with Gasteiger partial charge in [0.05, 0.1) is 5.56 Å². The second-order valence-corrected chi connectivity index (χ2v) is 7.42. The molecule has 0 aliphatic carbocycles. The zero-order chi connectivity index (χ0) is 19.2. The Morgan fingerprint density at radius 1 is 1.22 bits per heavy atom. The maximum absolute atomic E-state index is 12.6. The number of nitrogens with one attached hydrogen (secondary N) is 1. The Labute approximate surface area is 164 Å². The van der Waals surface area contributed by atoms with Crippen LogP contribution in [-0.4, -0.2) is 40.8 Å². The lowest BCUT2D eigenvalue weighted by Crippen LogP contribution is -2.45. The average molecular weight is 386 g/mol. The first-order chi connectivity index (χ1) is 13.0. The van der Waals surface area contributed by atoms with Crippen molar-refractivity contribution in [2.24, 2.45) is 5.92 Å². The third-order valence-electron chi connectivity index (χ3n) is 4.93. The standard InChI is InChI=1S/C21H24ClN3O2/c1-15(13-17-5-2-3-7-19(17)22)24-20(26)16-8-11-25(12-9-16)21(27)18-6-4-10-23-14-18/h2-7,10,14-16H,8-9,11-13H2,1H3,(H,24,26). The summed E-state index contributed by atoms with van der Waals surface area (Å²) in [7, 11) is 0. The highest BCUT2D eigenvalue weighted by atomic mass is 35.5. The molecule has 0 spiro atoms. The fraction of sp³-hybridized carbons (Fsp3) is 0.381. The van der Waals surface area contributed by atoms with Gasteiger partial charge in [0.15, 0.2) is 0 Å². The topological polar surface area (TPSA) is 62.3 Å². The van der Waals surface area contributed by atoms with Gasteiger partial charge in [0, 0.05) is 42.5 Å². The van der Waals surface area contributed by atoms with Gasteiger partial charge in [-0.05, 0) is 49.9 Å². The van der Waals surface area contributed by atoms with Gasteiger partial charge in [-0.2, -0.15) is 0 Å². The van der Waals surface area contributed by atoms with Crippen LogP contribution < -0.4 is 5.32 Å². The van der Waals surface area contributed by atoms with Crippen molar-refractivity contribution >= 4 is 23.4 Å². The van der Waals surface area contributed by atoms with Crippen LogP contribution in [0.5, 0.6) is 0 Å². The summed E-state index contributed by atoms with van der Waals surface area (Å²) in [6, 6.07) is 11.2. The van der Waals surface area contributed by atoms with Crippen LogP contribution in [0.3, 0.4) is 0 Å². The number of carbonyl (C=O) groups excluding carboxylic acids is 2. The number of halogens is 1. The number of aromatic nitrogens is 1. The maximum atomic E-state index is 12.6. The molecule has 1 aliphatic heterocycles. The van der Waals surface area contributed by atoms with Crippen LogP contribution in [-0.2, 0) is 11.2 Å². The third kappa shape index (κ3) is 5.07. The molecule has 1 N–H and O–H groups in total. The van der Waals surface area contributed by atoms with E-state index in [0.29, 0.717) is 37.9 Å². The summed E-state index contributed by atoms with van der Waals surface area (Å²) in [6.45, 7) is 3.16. The Morgan fingerprint density at radius 2 is 1.96 bits per heavy atom. The van der Waals surface area contributed by atoms with Crippen LogP contribution in [0.4, 0.5) is 0 Å². The summed E-state index contributed by atoms with van der Waals surface area (Å²) >= 11 is 6.20. The predicted octanol–water partition coefficient (Wildman–Crippen LogP) is 3.33. The molecule has 0 saturated carbocycles. The Balaban J connectivity index is 1.48. The van der Waals surface area contributed by atoms with E-state index in [-0.39, 0.29) is 23.8 Å². The van der Waals surface area contributed by atoms with Crippen LogP contribution in [0.2, 0.25) is 5.02 Å². The van der Waals surface area contributed by atoms with E-state index in [1.165, 1.54) is 0 Å². The Hall–Kier alpha value is -2.40. The summed E-state index contributed by atoms with van der Waals surface area (Å²) in [5.74, 6) is -0.0197. The predicted molar refractivity (Wildman–Crippen MR) is 106 cm³/mol. The molecule has 2 heterocycles. The molecule has 0 radical (unpaired) electrons. The van der Waals surface area contributed by atoms with Crippen molar-refractivity contribution in [1.29, 1.82) is 0 Å². The van der Waals surface area contributed by atoms with Crippen molar-refractivity contribution in [3.05, 3.63) is 64.9 Å². The van der Waals surface area contributed by atoms with Gasteiger partial charge < -0.3 is 10.2 Å². The first-order valence-electron chi connectivity index (χ1n) is 9.27. The van der Waals surface area contributed by atoms with E-state index in [1.807, 2.05) is 31.2 Å². The second kappa shape index (κ2) is 9.00. The third-order valence-corrected chi connectivity index (χ3v) is 5.30. The van der Waals surface area contributed by atoms with Crippen LogP contribution in [0.15, 0.2) is 48.8 Å². The van der Waals surface area contributed by atoms with Crippen molar-refractivity contribution < 1.29 is 9.59 Å². The molecule has 2 aromatic rings. The lowest BCUT2D eigenvalue weighted by Gasteiger charge is -2.32. The smallest absolute Gasteiger partial charge is 0.255 e. The Morgan fingerprint density at radius 3 is 2.63 bits per heavy atom. The van der Waals surface area contributed by atoms with Gasteiger partial charge in [0.1, 0.15) is 0 Å². The van der Waals surface area contributed by atoms with Gasteiger partial charge in [0.2, 0.25) is 5.91 Å². The van der Waals surface area contributed by atoms with Gasteiger partial charge in [-0.1, -0.05) is 29.8 Å². The van der Waals surface area contributed by atoms with Crippen LogP contribution in [0.25, 0.3) is 0 Å². The van der Waals surface area contributed by atoms with Crippen LogP contribution in [0.1, 0.15) is 35.7 Å². The van der Waals surface area contributed by atoms with Gasteiger partial charge in [-0.25, -0.2) is 0 Å². The van der Waals surface area contributed by atoms with Gasteiger partial charge in [-0.3, -0.25) is 14.6 Å². The summed E-state index contributed by atoms with van der Waals surface area (Å²) in [4.78, 5) is 30.8. The highest BCUT2D eigenvalue weighted by Crippen LogP contribution is 2.20. The molecule has 1 unspecified atom stereocenters. The van der Waals surface area contributed by atoms with Gasteiger partial charge in [0.25, 0.3) is 5.91 Å². The summed E-state index contributed by atoms with van der Waals surface area (Å²) in [5.41, 5.74) is 1.62.